The summed E-state index contributed by atoms with van der Waals surface area (Å²) in [5, 5.41) is 6.95. The lowest BCUT2D eigenvalue weighted by molar-refractivity contribution is -0.123. The minimum Gasteiger partial charge on any atom is -0.450 e. The van der Waals surface area contributed by atoms with E-state index in [2.05, 4.69) is 15.6 Å². The van der Waals surface area contributed by atoms with Crippen LogP contribution in [0.15, 0.2) is 30.5 Å². The van der Waals surface area contributed by atoms with Crippen molar-refractivity contribution in [1.82, 2.24) is 15.6 Å². The molecule has 1 aromatic heterocycles. The fraction of sp³-hybridized carbons (Fsp3) is 0.524. The van der Waals surface area contributed by atoms with Crippen molar-refractivity contribution >= 4 is 22.9 Å². The van der Waals surface area contributed by atoms with E-state index < -0.39 is 12.1 Å². The van der Waals surface area contributed by atoms with Gasteiger partial charge in [0.1, 0.15) is 6.04 Å². The van der Waals surface area contributed by atoms with Crippen LogP contribution in [0.4, 0.5) is 4.79 Å². The van der Waals surface area contributed by atoms with Crippen LogP contribution in [0, 0.1) is 0 Å². The number of hydrogen-bond donors (Lipinski definition) is 3. The van der Waals surface area contributed by atoms with Gasteiger partial charge >= 0.3 is 6.09 Å². The molecule has 1 aromatic carbocycles. The van der Waals surface area contributed by atoms with Gasteiger partial charge < -0.3 is 20.4 Å². The third-order valence-corrected chi connectivity index (χ3v) is 5.18. The van der Waals surface area contributed by atoms with Gasteiger partial charge in [0.05, 0.1) is 6.61 Å². The molecule has 1 saturated carbocycles. The summed E-state index contributed by atoms with van der Waals surface area (Å²) in [6, 6.07) is 7.49. The number of rotatable bonds is 6. The zero-order valence-electron chi connectivity index (χ0n) is 15.9. The van der Waals surface area contributed by atoms with Crippen molar-refractivity contribution in [2.24, 2.45) is 0 Å². The van der Waals surface area contributed by atoms with Crippen molar-refractivity contribution in [3.63, 3.8) is 0 Å². The summed E-state index contributed by atoms with van der Waals surface area (Å²) in [4.78, 5) is 28.1. The van der Waals surface area contributed by atoms with Gasteiger partial charge in [-0.25, -0.2) is 4.79 Å². The number of carbonyl (C=O) groups is 2. The highest BCUT2D eigenvalue weighted by Gasteiger charge is 2.25. The lowest BCUT2D eigenvalue weighted by Gasteiger charge is -2.22. The summed E-state index contributed by atoms with van der Waals surface area (Å²) in [5.41, 5.74) is 2.02. The van der Waals surface area contributed by atoms with Gasteiger partial charge in [-0.3, -0.25) is 4.79 Å². The highest BCUT2D eigenvalue weighted by Crippen LogP contribution is 2.20. The van der Waals surface area contributed by atoms with Crippen LogP contribution < -0.4 is 10.6 Å². The molecule has 6 nitrogen and oxygen atoms in total. The predicted octanol–water partition coefficient (Wildman–Crippen LogP) is 3.66. The molecule has 2 amide bonds. The molecular weight excluding hydrogens is 342 g/mol. The molecule has 2 aromatic rings. The van der Waals surface area contributed by atoms with E-state index in [-0.39, 0.29) is 18.6 Å². The van der Waals surface area contributed by atoms with Crippen LogP contribution in [0.3, 0.4) is 0 Å². The van der Waals surface area contributed by atoms with Crippen LogP contribution in [0.1, 0.15) is 51.0 Å². The molecule has 1 unspecified atom stereocenters. The van der Waals surface area contributed by atoms with Gasteiger partial charge in [0.15, 0.2) is 0 Å². The molecule has 0 spiro atoms. The largest absolute Gasteiger partial charge is 0.450 e. The molecule has 27 heavy (non-hydrogen) atoms. The van der Waals surface area contributed by atoms with E-state index in [4.69, 9.17) is 4.74 Å². The molecule has 3 rings (SSSR count). The van der Waals surface area contributed by atoms with Crippen molar-refractivity contribution < 1.29 is 14.3 Å². The summed E-state index contributed by atoms with van der Waals surface area (Å²) < 4.78 is 5.00. The van der Waals surface area contributed by atoms with Crippen molar-refractivity contribution in [2.75, 3.05) is 6.61 Å². The first kappa shape index (κ1) is 19.3. The summed E-state index contributed by atoms with van der Waals surface area (Å²) >= 11 is 0. The standard InChI is InChI=1S/C21H29N3O3/c1-2-27-21(26)24-19(20(25)23-16-9-5-3-4-6-10-16)13-15-14-22-18-12-8-7-11-17(15)18/h7-8,11-12,14,16,19,22H,2-6,9-10,13H2,1H3,(H,23,25)(H,24,26). The van der Waals surface area contributed by atoms with Gasteiger partial charge in [0.25, 0.3) is 0 Å². The van der Waals surface area contributed by atoms with Crippen molar-refractivity contribution in [1.29, 1.82) is 0 Å². The first-order valence-electron chi connectivity index (χ1n) is 9.96. The summed E-state index contributed by atoms with van der Waals surface area (Å²) in [7, 11) is 0. The maximum atomic E-state index is 12.9. The Hall–Kier alpha value is -2.50. The molecule has 3 N–H and O–H groups in total. The van der Waals surface area contributed by atoms with Gasteiger partial charge in [-0.1, -0.05) is 43.9 Å². The van der Waals surface area contributed by atoms with Gasteiger partial charge in [-0.05, 0) is 31.4 Å². The van der Waals surface area contributed by atoms with Crippen LogP contribution in [0.25, 0.3) is 10.9 Å². The van der Waals surface area contributed by atoms with E-state index in [1.165, 1.54) is 12.8 Å². The lowest BCUT2D eigenvalue weighted by atomic mass is 10.0. The van der Waals surface area contributed by atoms with E-state index in [1.54, 1.807) is 6.92 Å². The van der Waals surface area contributed by atoms with E-state index in [0.717, 1.165) is 42.1 Å². The number of aromatic nitrogens is 1. The number of hydrogen-bond acceptors (Lipinski definition) is 3. The Bertz CT molecular complexity index is 763. The Balaban J connectivity index is 1.73. The quantitative estimate of drug-likeness (QED) is 0.678. The molecule has 0 bridgehead atoms. The van der Waals surface area contributed by atoms with Gasteiger partial charge in [-0.15, -0.1) is 0 Å². The van der Waals surface area contributed by atoms with E-state index >= 15 is 0 Å². The molecule has 1 heterocycles. The maximum absolute atomic E-state index is 12.9. The smallest absolute Gasteiger partial charge is 0.407 e. The zero-order chi connectivity index (χ0) is 19.1. The molecule has 0 saturated heterocycles. The zero-order valence-corrected chi connectivity index (χ0v) is 15.9. The molecule has 1 aliphatic carbocycles. The maximum Gasteiger partial charge on any atom is 0.407 e. The van der Waals surface area contributed by atoms with E-state index in [1.807, 2.05) is 30.5 Å². The Morgan fingerprint density at radius 3 is 2.67 bits per heavy atom. The number of benzene rings is 1. The Morgan fingerprint density at radius 2 is 1.93 bits per heavy atom. The average molecular weight is 371 g/mol. The normalized spacial score (nSPS) is 16.5. The summed E-state index contributed by atoms with van der Waals surface area (Å²) in [6.07, 6.45) is 8.52. The van der Waals surface area contributed by atoms with Crippen molar-refractivity contribution in [3.05, 3.63) is 36.0 Å². The number of para-hydroxylation sites is 1. The monoisotopic (exact) mass is 371 g/mol. The van der Waals surface area contributed by atoms with Gasteiger partial charge in [0, 0.05) is 29.6 Å². The van der Waals surface area contributed by atoms with Crippen LogP contribution in [0.2, 0.25) is 0 Å². The predicted molar refractivity (Wildman–Crippen MR) is 106 cm³/mol. The second-order valence-electron chi connectivity index (χ2n) is 7.18. The third kappa shape index (κ3) is 5.25. The van der Waals surface area contributed by atoms with Gasteiger partial charge in [-0.2, -0.15) is 0 Å². The van der Waals surface area contributed by atoms with Crippen LogP contribution in [-0.4, -0.2) is 35.7 Å². The first-order chi connectivity index (χ1) is 13.2. The lowest BCUT2D eigenvalue weighted by Crippen LogP contribution is -2.50. The Kier molecular flexibility index (Phi) is 6.74. The Morgan fingerprint density at radius 1 is 1.19 bits per heavy atom. The topological polar surface area (TPSA) is 83.2 Å². The van der Waals surface area contributed by atoms with Gasteiger partial charge in [0.2, 0.25) is 5.91 Å². The van der Waals surface area contributed by atoms with Crippen LogP contribution in [-0.2, 0) is 16.0 Å². The number of alkyl carbamates (subject to hydrolysis) is 1. The summed E-state index contributed by atoms with van der Waals surface area (Å²) in [5.74, 6) is -0.139. The second kappa shape index (κ2) is 9.44. The van der Waals surface area contributed by atoms with Crippen molar-refractivity contribution in [2.45, 2.75) is 64.0 Å². The SMILES string of the molecule is CCOC(=O)NC(Cc1c[nH]c2ccccc12)C(=O)NC1CCCCCC1. The minimum atomic E-state index is -0.661. The number of fused-ring (bicyclic) bond motifs is 1. The molecule has 146 valence electrons. The molecule has 1 fully saturated rings. The molecule has 1 atom stereocenters. The molecule has 1 aliphatic rings. The number of amides is 2. The Labute approximate surface area is 160 Å². The van der Waals surface area contributed by atoms with Crippen LogP contribution in [0.5, 0.6) is 0 Å². The second-order valence-corrected chi connectivity index (χ2v) is 7.18. The molecule has 0 aliphatic heterocycles. The first-order valence-corrected chi connectivity index (χ1v) is 9.96. The fourth-order valence-electron chi connectivity index (χ4n) is 3.77. The van der Waals surface area contributed by atoms with E-state index in [9.17, 15) is 9.59 Å². The molecule has 6 heteroatoms. The molecule has 0 radical (unpaired) electrons. The number of aromatic amines is 1. The van der Waals surface area contributed by atoms with E-state index in [0.29, 0.717) is 6.42 Å². The fourth-order valence-corrected chi connectivity index (χ4v) is 3.77. The number of H-pyrrole nitrogens is 1. The third-order valence-electron chi connectivity index (χ3n) is 5.18. The highest BCUT2D eigenvalue weighted by atomic mass is 16.5. The number of ether oxygens (including phenoxy) is 1. The average Bonchev–Trinajstić information content (AvgIpc) is 2.88. The highest BCUT2D eigenvalue weighted by molar-refractivity contribution is 5.88. The van der Waals surface area contributed by atoms with Crippen molar-refractivity contribution in [3.8, 4) is 0 Å². The minimum absolute atomic E-state index is 0.139. The number of carbonyl (C=O) groups excluding carboxylic acids is 2. The molecular formula is C21H29N3O3. The number of nitrogens with one attached hydrogen (secondary N) is 3. The summed E-state index contributed by atoms with van der Waals surface area (Å²) in [6.45, 7) is 2.02. The van der Waals surface area contributed by atoms with Crippen LogP contribution >= 0.6 is 0 Å².